The molecule has 0 aliphatic heterocycles. The van der Waals surface area contributed by atoms with Gasteiger partial charge in [0, 0.05) is 29.7 Å². The number of carbonyl (C=O) groups excluding carboxylic acids is 2. The maximum atomic E-state index is 12.1. The summed E-state index contributed by atoms with van der Waals surface area (Å²) in [5.74, 6) is 0.347. The maximum Gasteiger partial charge on any atom is 0.253 e. The standard InChI is InChI=1S/C17H18N6O2S/c1-10-8-11(2)23-16(19-10)21-17(22-23)26-9-14(24)20-13-6-4-12(5-7-13)15(25)18-3/h4-8H,9H2,1-3H3,(H,18,25)(H,20,24). The molecule has 0 spiro atoms. The van der Waals surface area contributed by atoms with E-state index in [4.69, 9.17) is 0 Å². The van der Waals surface area contributed by atoms with Gasteiger partial charge in [-0.3, -0.25) is 9.59 Å². The zero-order valence-corrected chi connectivity index (χ0v) is 15.4. The maximum absolute atomic E-state index is 12.1. The Kier molecular flexibility index (Phi) is 5.17. The van der Waals surface area contributed by atoms with E-state index in [-0.39, 0.29) is 17.6 Å². The molecule has 26 heavy (non-hydrogen) atoms. The molecule has 0 atom stereocenters. The van der Waals surface area contributed by atoms with Crippen LogP contribution in [0.2, 0.25) is 0 Å². The molecule has 3 rings (SSSR count). The number of thioether (sulfide) groups is 1. The van der Waals surface area contributed by atoms with Crippen molar-refractivity contribution in [1.29, 1.82) is 0 Å². The minimum Gasteiger partial charge on any atom is -0.355 e. The molecule has 0 fully saturated rings. The fourth-order valence-electron chi connectivity index (χ4n) is 2.39. The highest BCUT2D eigenvalue weighted by Crippen LogP contribution is 2.16. The van der Waals surface area contributed by atoms with Crippen LogP contribution >= 0.6 is 11.8 Å². The van der Waals surface area contributed by atoms with E-state index in [0.29, 0.717) is 22.2 Å². The quantitative estimate of drug-likeness (QED) is 0.665. The topological polar surface area (TPSA) is 101 Å². The summed E-state index contributed by atoms with van der Waals surface area (Å²) in [5, 5.41) is 10.2. The molecule has 134 valence electrons. The third-order valence-electron chi connectivity index (χ3n) is 3.59. The average Bonchev–Trinajstić information content (AvgIpc) is 3.03. The molecule has 2 N–H and O–H groups in total. The van der Waals surface area contributed by atoms with E-state index in [0.717, 1.165) is 11.4 Å². The Hall–Kier alpha value is -2.94. The summed E-state index contributed by atoms with van der Waals surface area (Å²) >= 11 is 1.24. The van der Waals surface area contributed by atoms with Crippen LogP contribution in [-0.4, -0.2) is 44.2 Å². The van der Waals surface area contributed by atoms with Crippen LogP contribution in [0.5, 0.6) is 0 Å². The first-order valence-corrected chi connectivity index (χ1v) is 8.90. The first-order chi connectivity index (χ1) is 12.5. The Bertz CT molecular complexity index is 967. The number of rotatable bonds is 5. The summed E-state index contributed by atoms with van der Waals surface area (Å²) in [7, 11) is 1.57. The van der Waals surface area contributed by atoms with Crippen LogP contribution < -0.4 is 10.6 Å². The lowest BCUT2D eigenvalue weighted by Crippen LogP contribution is -2.18. The summed E-state index contributed by atoms with van der Waals surface area (Å²) in [4.78, 5) is 32.3. The highest BCUT2D eigenvalue weighted by Gasteiger charge is 2.11. The van der Waals surface area contributed by atoms with Gasteiger partial charge in [0.05, 0.1) is 5.75 Å². The Balaban J connectivity index is 1.60. The van der Waals surface area contributed by atoms with Crippen LogP contribution in [0.4, 0.5) is 5.69 Å². The molecule has 0 radical (unpaired) electrons. The fraction of sp³-hybridized carbons (Fsp3) is 0.235. The molecule has 1 aromatic carbocycles. The molecule has 3 aromatic rings. The summed E-state index contributed by atoms with van der Waals surface area (Å²) in [6.07, 6.45) is 0. The van der Waals surface area contributed by atoms with E-state index < -0.39 is 0 Å². The predicted octanol–water partition coefficient (Wildman–Crippen LogP) is 1.83. The van der Waals surface area contributed by atoms with Crippen molar-refractivity contribution in [3.8, 4) is 0 Å². The van der Waals surface area contributed by atoms with E-state index in [9.17, 15) is 9.59 Å². The van der Waals surface area contributed by atoms with Crippen molar-refractivity contribution in [1.82, 2.24) is 24.9 Å². The second-order valence-corrected chi connectivity index (χ2v) is 6.58. The number of hydrogen-bond donors (Lipinski definition) is 2. The molecule has 0 saturated carbocycles. The van der Waals surface area contributed by atoms with Crippen molar-refractivity contribution < 1.29 is 9.59 Å². The molecule has 8 nitrogen and oxygen atoms in total. The van der Waals surface area contributed by atoms with Crippen molar-refractivity contribution in [3.63, 3.8) is 0 Å². The van der Waals surface area contributed by atoms with Crippen LogP contribution in [0.25, 0.3) is 5.78 Å². The molecule has 0 unspecified atom stereocenters. The molecule has 2 heterocycles. The van der Waals surface area contributed by atoms with Crippen molar-refractivity contribution in [2.45, 2.75) is 19.0 Å². The number of fused-ring (bicyclic) bond motifs is 1. The van der Waals surface area contributed by atoms with E-state index in [2.05, 4.69) is 25.7 Å². The Morgan fingerprint density at radius 3 is 2.58 bits per heavy atom. The van der Waals surface area contributed by atoms with E-state index in [1.807, 2.05) is 19.9 Å². The first kappa shape index (κ1) is 17.9. The van der Waals surface area contributed by atoms with Gasteiger partial charge in [-0.1, -0.05) is 11.8 Å². The summed E-state index contributed by atoms with van der Waals surface area (Å²) in [6.45, 7) is 3.83. The van der Waals surface area contributed by atoms with Gasteiger partial charge < -0.3 is 10.6 Å². The molecule has 0 saturated heterocycles. The number of nitrogens with zero attached hydrogens (tertiary/aromatic N) is 4. The predicted molar refractivity (Wildman–Crippen MR) is 99.4 cm³/mol. The highest BCUT2D eigenvalue weighted by molar-refractivity contribution is 7.99. The average molecular weight is 370 g/mol. The Morgan fingerprint density at radius 1 is 1.15 bits per heavy atom. The number of amides is 2. The smallest absolute Gasteiger partial charge is 0.253 e. The number of carbonyl (C=O) groups is 2. The zero-order chi connectivity index (χ0) is 18.7. The van der Waals surface area contributed by atoms with E-state index >= 15 is 0 Å². The van der Waals surface area contributed by atoms with Crippen molar-refractivity contribution in [2.24, 2.45) is 0 Å². The minimum absolute atomic E-state index is 0.171. The molecule has 0 aliphatic carbocycles. The van der Waals surface area contributed by atoms with Crippen LogP contribution in [0.1, 0.15) is 21.7 Å². The molecule has 0 aliphatic rings. The second-order valence-electron chi connectivity index (χ2n) is 5.64. The lowest BCUT2D eigenvalue weighted by Gasteiger charge is -2.05. The van der Waals surface area contributed by atoms with Gasteiger partial charge in [0.2, 0.25) is 11.1 Å². The van der Waals surface area contributed by atoms with Crippen LogP contribution in [0, 0.1) is 13.8 Å². The first-order valence-electron chi connectivity index (χ1n) is 7.92. The van der Waals surface area contributed by atoms with Crippen LogP contribution in [-0.2, 0) is 4.79 Å². The SMILES string of the molecule is CNC(=O)c1ccc(NC(=O)CSc2nc3nc(C)cc(C)n3n2)cc1. The van der Waals surface area contributed by atoms with Gasteiger partial charge in [-0.25, -0.2) is 9.50 Å². The molecule has 0 bridgehead atoms. The Labute approximate surface area is 154 Å². The zero-order valence-electron chi connectivity index (χ0n) is 14.6. The third-order valence-corrected chi connectivity index (χ3v) is 4.43. The second kappa shape index (κ2) is 7.52. The highest BCUT2D eigenvalue weighted by atomic mass is 32.2. The van der Waals surface area contributed by atoms with E-state index in [1.54, 1.807) is 35.8 Å². The molecular formula is C17H18N6O2S. The van der Waals surface area contributed by atoms with Gasteiger partial charge in [-0.15, -0.1) is 5.10 Å². The van der Waals surface area contributed by atoms with Gasteiger partial charge in [0.15, 0.2) is 0 Å². The monoisotopic (exact) mass is 370 g/mol. The molecular weight excluding hydrogens is 352 g/mol. The molecule has 9 heteroatoms. The van der Waals surface area contributed by atoms with Gasteiger partial charge >= 0.3 is 0 Å². The summed E-state index contributed by atoms with van der Waals surface area (Å²) < 4.78 is 1.66. The normalized spacial score (nSPS) is 10.7. The van der Waals surface area contributed by atoms with Crippen LogP contribution in [0.15, 0.2) is 35.5 Å². The van der Waals surface area contributed by atoms with E-state index in [1.165, 1.54) is 11.8 Å². The lowest BCUT2D eigenvalue weighted by molar-refractivity contribution is -0.113. The van der Waals surface area contributed by atoms with Crippen molar-refractivity contribution in [3.05, 3.63) is 47.3 Å². The minimum atomic E-state index is -0.178. The van der Waals surface area contributed by atoms with Crippen LogP contribution in [0.3, 0.4) is 0 Å². The number of anilines is 1. The summed E-state index contributed by atoms with van der Waals surface area (Å²) in [6, 6.07) is 8.61. The lowest BCUT2D eigenvalue weighted by atomic mass is 10.2. The van der Waals surface area contributed by atoms with Gasteiger partial charge in [-0.05, 0) is 44.2 Å². The van der Waals surface area contributed by atoms with Gasteiger partial charge in [0.25, 0.3) is 11.7 Å². The number of hydrogen-bond acceptors (Lipinski definition) is 6. The largest absolute Gasteiger partial charge is 0.355 e. The number of aromatic nitrogens is 4. The third kappa shape index (κ3) is 3.99. The summed E-state index contributed by atoms with van der Waals surface area (Å²) in [5.41, 5.74) is 2.97. The molecule has 2 aromatic heterocycles. The number of benzene rings is 1. The fourth-order valence-corrected chi connectivity index (χ4v) is 3.00. The number of aryl methyl sites for hydroxylation is 2. The van der Waals surface area contributed by atoms with Crippen molar-refractivity contribution >= 4 is 35.0 Å². The molecule has 2 amide bonds. The number of nitrogens with one attached hydrogen (secondary N) is 2. The van der Waals surface area contributed by atoms with Crippen molar-refractivity contribution in [2.75, 3.05) is 18.1 Å². The van der Waals surface area contributed by atoms with Gasteiger partial charge in [0.1, 0.15) is 0 Å². The van der Waals surface area contributed by atoms with Gasteiger partial charge in [-0.2, -0.15) is 4.98 Å². The Morgan fingerprint density at radius 2 is 1.88 bits per heavy atom.